The highest BCUT2D eigenvalue weighted by atomic mass is 16.4. The fraction of sp³-hybridized carbons (Fsp3) is 0.188. The molecule has 5 heteroatoms. The van der Waals surface area contributed by atoms with Gasteiger partial charge in [0, 0.05) is 6.20 Å². The van der Waals surface area contributed by atoms with Gasteiger partial charge in [-0.05, 0) is 37.1 Å². The van der Waals surface area contributed by atoms with Crippen molar-refractivity contribution in [1.29, 1.82) is 0 Å². The third-order valence-corrected chi connectivity index (χ3v) is 3.14. The molecule has 0 fully saturated rings. The molecule has 1 aromatic heterocycles. The Balaban J connectivity index is 2.16. The standard InChI is InChI=1S/C16H16N2O3/c1-10-5-6-11(2)12(8-10)9-14(19)18-13-4-3-7-17-15(13)16(20)21/h3-8H,9H2,1-2H3,(H,18,19)(H,20,21). The van der Waals surface area contributed by atoms with Crippen LogP contribution < -0.4 is 5.32 Å². The van der Waals surface area contributed by atoms with E-state index in [0.29, 0.717) is 0 Å². The molecule has 0 aliphatic rings. The van der Waals surface area contributed by atoms with Crippen LogP contribution in [-0.4, -0.2) is 22.0 Å². The maximum Gasteiger partial charge on any atom is 0.356 e. The van der Waals surface area contributed by atoms with Gasteiger partial charge in [-0.25, -0.2) is 9.78 Å². The highest BCUT2D eigenvalue weighted by Gasteiger charge is 2.14. The topological polar surface area (TPSA) is 79.3 Å². The number of carboxylic acids is 1. The SMILES string of the molecule is Cc1ccc(C)c(CC(=O)Nc2cccnc2C(=O)O)c1. The van der Waals surface area contributed by atoms with E-state index in [9.17, 15) is 9.59 Å². The highest BCUT2D eigenvalue weighted by Crippen LogP contribution is 2.15. The number of benzene rings is 1. The van der Waals surface area contributed by atoms with Crippen LogP contribution in [0.4, 0.5) is 5.69 Å². The maximum atomic E-state index is 12.1. The molecule has 0 unspecified atom stereocenters. The van der Waals surface area contributed by atoms with Gasteiger partial charge in [-0.1, -0.05) is 23.8 Å². The second-order valence-corrected chi connectivity index (χ2v) is 4.86. The Hall–Kier alpha value is -2.69. The minimum atomic E-state index is -1.17. The number of carbonyl (C=O) groups is 2. The van der Waals surface area contributed by atoms with E-state index in [2.05, 4.69) is 10.3 Å². The molecule has 108 valence electrons. The van der Waals surface area contributed by atoms with Crippen molar-refractivity contribution in [2.24, 2.45) is 0 Å². The number of amides is 1. The van der Waals surface area contributed by atoms with Crippen LogP contribution in [0.25, 0.3) is 0 Å². The third-order valence-electron chi connectivity index (χ3n) is 3.14. The van der Waals surface area contributed by atoms with Crippen LogP contribution in [0.3, 0.4) is 0 Å². The molecule has 21 heavy (non-hydrogen) atoms. The first-order valence-corrected chi connectivity index (χ1v) is 6.51. The minimum absolute atomic E-state index is 0.160. The van der Waals surface area contributed by atoms with E-state index in [1.807, 2.05) is 32.0 Å². The van der Waals surface area contributed by atoms with Crippen molar-refractivity contribution in [2.75, 3.05) is 5.32 Å². The molecular weight excluding hydrogens is 268 g/mol. The number of hydrogen-bond donors (Lipinski definition) is 2. The van der Waals surface area contributed by atoms with Crippen LogP contribution in [0.2, 0.25) is 0 Å². The lowest BCUT2D eigenvalue weighted by molar-refractivity contribution is -0.115. The molecule has 2 aromatic rings. The summed E-state index contributed by atoms with van der Waals surface area (Å²) in [6.45, 7) is 3.90. The van der Waals surface area contributed by atoms with Gasteiger partial charge in [-0.15, -0.1) is 0 Å². The summed E-state index contributed by atoms with van der Waals surface area (Å²) < 4.78 is 0. The predicted octanol–water partition coefficient (Wildman–Crippen LogP) is 2.58. The van der Waals surface area contributed by atoms with E-state index >= 15 is 0 Å². The number of hydrogen-bond acceptors (Lipinski definition) is 3. The Labute approximate surface area is 122 Å². The summed E-state index contributed by atoms with van der Waals surface area (Å²) in [7, 11) is 0. The summed E-state index contributed by atoms with van der Waals surface area (Å²) in [6.07, 6.45) is 1.57. The zero-order chi connectivity index (χ0) is 15.4. The number of pyridine rings is 1. The Morgan fingerprint density at radius 2 is 2.00 bits per heavy atom. The van der Waals surface area contributed by atoms with Gasteiger partial charge >= 0.3 is 5.97 Å². The van der Waals surface area contributed by atoms with E-state index in [4.69, 9.17) is 5.11 Å². The molecule has 0 spiro atoms. The van der Waals surface area contributed by atoms with Gasteiger partial charge in [0.25, 0.3) is 0 Å². The van der Waals surface area contributed by atoms with E-state index < -0.39 is 5.97 Å². The van der Waals surface area contributed by atoms with Crippen molar-refractivity contribution in [1.82, 2.24) is 4.98 Å². The van der Waals surface area contributed by atoms with Crippen LogP contribution in [0.15, 0.2) is 36.5 Å². The quantitative estimate of drug-likeness (QED) is 0.904. The lowest BCUT2D eigenvalue weighted by atomic mass is 10.0. The predicted molar refractivity (Wildman–Crippen MR) is 79.4 cm³/mol. The second-order valence-electron chi connectivity index (χ2n) is 4.86. The monoisotopic (exact) mass is 284 g/mol. The van der Waals surface area contributed by atoms with Gasteiger partial charge < -0.3 is 10.4 Å². The molecular formula is C16H16N2O3. The fourth-order valence-corrected chi connectivity index (χ4v) is 2.03. The van der Waals surface area contributed by atoms with Crippen LogP contribution in [0.5, 0.6) is 0 Å². The number of nitrogens with one attached hydrogen (secondary N) is 1. The highest BCUT2D eigenvalue weighted by molar-refractivity contribution is 5.99. The van der Waals surface area contributed by atoms with E-state index in [0.717, 1.165) is 16.7 Å². The number of carboxylic acid groups (broad SMARTS) is 1. The first-order chi connectivity index (χ1) is 9.97. The number of rotatable bonds is 4. The molecule has 0 aliphatic heterocycles. The number of anilines is 1. The molecule has 2 N–H and O–H groups in total. The van der Waals surface area contributed by atoms with Crippen LogP contribution in [-0.2, 0) is 11.2 Å². The summed E-state index contributed by atoms with van der Waals surface area (Å²) in [4.78, 5) is 26.9. The van der Waals surface area contributed by atoms with Crippen molar-refractivity contribution in [3.05, 3.63) is 58.9 Å². The van der Waals surface area contributed by atoms with Gasteiger partial charge in [0.05, 0.1) is 12.1 Å². The molecule has 1 amide bonds. The Morgan fingerprint density at radius 3 is 2.71 bits per heavy atom. The smallest absolute Gasteiger partial charge is 0.356 e. The average molecular weight is 284 g/mol. The van der Waals surface area contributed by atoms with Crippen LogP contribution >= 0.6 is 0 Å². The molecule has 0 saturated heterocycles. The van der Waals surface area contributed by atoms with Crippen molar-refractivity contribution >= 4 is 17.6 Å². The molecule has 1 heterocycles. The Bertz CT molecular complexity index is 696. The van der Waals surface area contributed by atoms with Crippen LogP contribution in [0, 0.1) is 13.8 Å². The number of nitrogens with zero attached hydrogens (tertiary/aromatic N) is 1. The average Bonchev–Trinajstić information content (AvgIpc) is 2.43. The molecule has 0 atom stereocenters. The molecule has 5 nitrogen and oxygen atoms in total. The summed E-state index contributed by atoms with van der Waals surface area (Å²) in [5.41, 5.74) is 3.08. The van der Waals surface area contributed by atoms with Gasteiger partial charge in [0.2, 0.25) is 5.91 Å². The van der Waals surface area contributed by atoms with Crippen LogP contribution in [0.1, 0.15) is 27.2 Å². The van der Waals surface area contributed by atoms with Gasteiger partial charge in [-0.3, -0.25) is 4.79 Å². The molecule has 0 bridgehead atoms. The van der Waals surface area contributed by atoms with Crippen molar-refractivity contribution in [3.63, 3.8) is 0 Å². The second kappa shape index (κ2) is 6.17. The Morgan fingerprint density at radius 1 is 1.24 bits per heavy atom. The zero-order valence-electron chi connectivity index (χ0n) is 11.9. The summed E-state index contributed by atoms with van der Waals surface area (Å²) in [6, 6.07) is 9.01. The van der Waals surface area contributed by atoms with Gasteiger partial charge in [-0.2, -0.15) is 0 Å². The van der Waals surface area contributed by atoms with E-state index in [1.54, 1.807) is 6.07 Å². The third kappa shape index (κ3) is 3.66. The number of carbonyl (C=O) groups excluding carboxylic acids is 1. The van der Waals surface area contributed by atoms with E-state index in [1.165, 1.54) is 12.3 Å². The first kappa shape index (κ1) is 14.7. The van der Waals surface area contributed by atoms with Crippen molar-refractivity contribution < 1.29 is 14.7 Å². The fourth-order valence-electron chi connectivity index (χ4n) is 2.03. The number of aromatic nitrogens is 1. The molecule has 2 rings (SSSR count). The normalized spacial score (nSPS) is 10.2. The first-order valence-electron chi connectivity index (χ1n) is 6.51. The zero-order valence-corrected chi connectivity index (χ0v) is 11.9. The Kier molecular flexibility index (Phi) is 4.33. The van der Waals surface area contributed by atoms with Gasteiger partial charge in [0.1, 0.15) is 0 Å². The largest absolute Gasteiger partial charge is 0.476 e. The summed E-state index contributed by atoms with van der Waals surface area (Å²) >= 11 is 0. The number of aryl methyl sites for hydroxylation is 2. The molecule has 1 aromatic carbocycles. The lowest BCUT2D eigenvalue weighted by Gasteiger charge is -2.09. The molecule has 0 radical (unpaired) electrons. The molecule has 0 saturated carbocycles. The van der Waals surface area contributed by atoms with Gasteiger partial charge in [0.15, 0.2) is 5.69 Å². The lowest BCUT2D eigenvalue weighted by Crippen LogP contribution is -2.18. The molecule has 0 aliphatic carbocycles. The van der Waals surface area contributed by atoms with Crippen molar-refractivity contribution in [3.8, 4) is 0 Å². The van der Waals surface area contributed by atoms with Crippen molar-refractivity contribution in [2.45, 2.75) is 20.3 Å². The minimum Gasteiger partial charge on any atom is -0.476 e. The summed E-state index contributed by atoms with van der Waals surface area (Å²) in [5, 5.41) is 11.6. The summed E-state index contributed by atoms with van der Waals surface area (Å²) in [5.74, 6) is -1.43. The number of aromatic carboxylic acids is 1. The van der Waals surface area contributed by atoms with E-state index in [-0.39, 0.29) is 23.7 Å². The maximum absolute atomic E-state index is 12.1.